The average molecular weight is 551 g/mol. The molecule has 0 fully saturated rings. The highest BCUT2D eigenvalue weighted by molar-refractivity contribution is 6.26. The van der Waals surface area contributed by atoms with Crippen molar-refractivity contribution in [3.63, 3.8) is 0 Å². The van der Waals surface area contributed by atoms with E-state index in [-0.39, 0.29) is 0 Å². The first-order chi connectivity index (χ1) is 21.3. The molecule has 3 nitrogen and oxygen atoms in total. The molecule has 0 saturated heterocycles. The normalized spacial score (nSPS) is 12.2. The van der Waals surface area contributed by atoms with Gasteiger partial charge in [-0.05, 0) is 69.1 Å². The summed E-state index contributed by atoms with van der Waals surface area (Å²) < 4.78 is 18.9. The molecule has 43 heavy (non-hydrogen) atoms. The maximum absolute atomic E-state index is 6.40. The number of benzene rings is 7. The molecule has 0 aliphatic heterocycles. The third-order valence-electron chi connectivity index (χ3n) is 8.95. The van der Waals surface area contributed by atoms with Crippen molar-refractivity contribution < 1.29 is 13.3 Å². The number of furan rings is 3. The van der Waals surface area contributed by atoms with Crippen LogP contribution in [0.15, 0.2) is 147 Å². The van der Waals surface area contributed by atoms with Crippen LogP contribution in [0.5, 0.6) is 0 Å². The monoisotopic (exact) mass is 550 g/mol. The summed E-state index contributed by atoms with van der Waals surface area (Å²) in [5.41, 5.74) is 8.94. The molecule has 3 heterocycles. The minimum atomic E-state index is 0.834. The highest BCUT2D eigenvalue weighted by Crippen LogP contribution is 2.47. The van der Waals surface area contributed by atoms with Crippen molar-refractivity contribution in [1.82, 2.24) is 0 Å². The van der Waals surface area contributed by atoms with Crippen LogP contribution in [0.4, 0.5) is 0 Å². The van der Waals surface area contributed by atoms with Gasteiger partial charge < -0.3 is 13.3 Å². The third kappa shape index (κ3) is 3.08. The van der Waals surface area contributed by atoms with Gasteiger partial charge in [-0.15, -0.1) is 0 Å². The van der Waals surface area contributed by atoms with E-state index in [1.54, 1.807) is 0 Å². The summed E-state index contributed by atoms with van der Waals surface area (Å²) >= 11 is 0. The third-order valence-corrected chi connectivity index (χ3v) is 8.95. The molecule has 0 atom stereocenters. The fraction of sp³-hybridized carbons (Fsp3) is 0. The van der Waals surface area contributed by atoms with Crippen LogP contribution in [0.2, 0.25) is 0 Å². The van der Waals surface area contributed by atoms with Crippen LogP contribution in [0.3, 0.4) is 0 Å². The van der Waals surface area contributed by atoms with Crippen molar-refractivity contribution in [3.05, 3.63) is 134 Å². The standard InChI is InChI=1S/C40H22O3/c1-3-12-28-26(10-1)37(23-17-18-25-24-9-5-7-15-33(24)43-36(25)21-23)27-11-2-4-13-29(27)38(28)32-22-41-40-30(32)19-20-35-39(40)31-14-6-8-16-34(31)42-35/h1-22H. The Balaban J connectivity index is 1.30. The predicted molar refractivity (Wildman–Crippen MR) is 177 cm³/mol. The van der Waals surface area contributed by atoms with E-state index >= 15 is 0 Å². The minimum Gasteiger partial charge on any atom is -0.463 e. The second-order valence-electron chi connectivity index (χ2n) is 11.2. The minimum absolute atomic E-state index is 0.834. The van der Waals surface area contributed by atoms with E-state index in [1.807, 2.05) is 36.6 Å². The van der Waals surface area contributed by atoms with Gasteiger partial charge in [-0.3, -0.25) is 0 Å². The molecule has 0 N–H and O–H groups in total. The van der Waals surface area contributed by atoms with Gasteiger partial charge >= 0.3 is 0 Å². The van der Waals surface area contributed by atoms with Crippen molar-refractivity contribution in [2.45, 2.75) is 0 Å². The van der Waals surface area contributed by atoms with E-state index in [0.717, 1.165) is 66.0 Å². The first-order valence-electron chi connectivity index (χ1n) is 14.5. The summed E-state index contributed by atoms with van der Waals surface area (Å²) in [6, 6.07) is 44.6. The largest absolute Gasteiger partial charge is 0.463 e. The summed E-state index contributed by atoms with van der Waals surface area (Å²) in [4.78, 5) is 0. The zero-order valence-corrected chi connectivity index (χ0v) is 22.9. The number of para-hydroxylation sites is 2. The first-order valence-corrected chi connectivity index (χ1v) is 14.5. The SMILES string of the molecule is c1ccc2c(c1)oc1cc(-c3c4ccccc4c(-c4coc5c4ccc4oc6ccccc6c45)c4ccccc34)ccc12. The van der Waals surface area contributed by atoms with Crippen molar-refractivity contribution >= 4 is 76.4 Å². The smallest absolute Gasteiger partial charge is 0.146 e. The molecular weight excluding hydrogens is 528 g/mol. The maximum Gasteiger partial charge on any atom is 0.146 e. The van der Waals surface area contributed by atoms with Gasteiger partial charge in [-0.1, -0.05) is 91.0 Å². The molecule has 0 saturated carbocycles. The van der Waals surface area contributed by atoms with Gasteiger partial charge in [0.15, 0.2) is 0 Å². The summed E-state index contributed by atoms with van der Waals surface area (Å²) in [6.45, 7) is 0. The van der Waals surface area contributed by atoms with Gasteiger partial charge in [-0.2, -0.15) is 0 Å². The molecule has 200 valence electrons. The fourth-order valence-corrected chi connectivity index (χ4v) is 7.11. The number of hydrogen-bond acceptors (Lipinski definition) is 3. The van der Waals surface area contributed by atoms with Gasteiger partial charge in [-0.25, -0.2) is 0 Å². The van der Waals surface area contributed by atoms with Gasteiger partial charge in [0.05, 0.1) is 11.6 Å². The van der Waals surface area contributed by atoms with Crippen LogP contribution >= 0.6 is 0 Å². The lowest BCUT2D eigenvalue weighted by Crippen LogP contribution is -1.90. The maximum atomic E-state index is 6.40. The molecule has 0 amide bonds. The second kappa shape index (κ2) is 8.37. The topological polar surface area (TPSA) is 39.4 Å². The summed E-state index contributed by atoms with van der Waals surface area (Å²) in [5, 5.41) is 10.2. The van der Waals surface area contributed by atoms with E-state index in [2.05, 4.69) is 97.1 Å². The molecule has 3 aromatic heterocycles. The average Bonchev–Trinajstić information content (AvgIpc) is 3.76. The molecule has 0 bridgehead atoms. The van der Waals surface area contributed by atoms with Gasteiger partial charge in [0.25, 0.3) is 0 Å². The van der Waals surface area contributed by atoms with E-state index in [0.29, 0.717) is 0 Å². The lowest BCUT2D eigenvalue weighted by molar-refractivity contribution is 0.619. The van der Waals surface area contributed by atoms with Crippen LogP contribution < -0.4 is 0 Å². The molecule has 10 aromatic rings. The first kappa shape index (κ1) is 22.8. The Morgan fingerprint density at radius 1 is 0.372 bits per heavy atom. The van der Waals surface area contributed by atoms with Crippen molar-refractivity contribution in [2.75, 3.05) is 0 Å². The van der Waals surface area contributed by atoms with E-state index < -0.39 is 0 Å². The number of fused-ring (bicyclic) bond motifs is 10. The zero-order chi connectivity index (χ0) is 28.1. The number of rotatable bonds is 2. The second-order valence-corrected chi connectivity index (χ2v) is 11.2. The van der Waals surface area contributed by atoms with Crippen LogP contribution in [0.1, 0.15) is 0 Å². The lowest BCUT2D eigenvalue weighted by Gasteiger charge is -2.17. The molecule has 0 aliphatic rings. The van der Waals surface area contributed by atoms with Crippen molar-refractivity contribution in [1.29, 1.82) is 0 Å². The Labute approximate surface area is 245 Å². The molecule has 10 rings (SSSR count). The Kier molecular flexibility index (Phi) is 4.45. The highest BCUT2D eigenvalue weighted by Gasteiger charge is 2.22. The van der Waals surface area contributed by atoms with Crippen LogP contribution in [-0.2, 0) is 0 Å². The molecule has 0 radical (unpaired) electrons. The summed E-state index contributed by atoms with van der Waals surface area (Å²) in [7, 11) is 0. The Bertz CT molecular complexity index is 2680. The molecular formula is C40H22O3. The summed E-state index contributed by atoms with van der Waals surface area (Å²) in [5.74, 6) is 0. The highest BCUT2D eigenvalue weighted by atomic mass is 16.3. The van der Waals surface area contributed by atoms with E-state index in [9.17, 15) is 0 Å². The van der Waals surface area contributed by atoms with Gasteiger partial charge in [0.1, 0.15) is 27.9 Å². The Morgan fingerprint density at radius 2 is 0.907 bits per heavy atom. The fourth-order valence-electron chi connectivity index (χ4n) is 7.11. The van der Waals surface area contributed by atoms with E-state index in [4.69, 9.17) is 13.3 Å². The molecule has 0 aliphatic carbocycles. The predicted octanol–water partition coefficient (Wildman–Crippen LogP) is 11.9. The lowest BCUT2D eigenvalue weighted by atomic mass is 9.85. The van der Waals surface area contributed by atoms with E-state index in [1.165, 1.54) is 32.7 Å². The quantitative estimate of drug-likeness (QED) is 0.201. The van der Waals surface area contributed by atoms with Crippen molar-refractivity contribution in [3.8, 4) is 22.3 Å². The molecule has 7 aromatic carbocycles. The Morgan fingerprint density at radius 3 is 1.63 bits per heavy atom. The van der Waals surface area contributed by atoms with Crippen LogP contribution in [0, 0.1) is 0 Å². The number of hydrogen-bond donors (Lipinski definition) is 0. The zero-order valence-electron chi connectivity index (χ0n) is 22.9. The van der Waals surface area contributed by atoms with Crippen molar-refractivity contribution in [2.24, 2.45) is 0 Å². The van der Waals surface area contributed by atoms with Gasteiger partial charge in [0.2, 0.25) is 0 Å². The van der Waals surface area contributed by atoms with Crippen LogP contribution in [-0.4, -0.2) is 0 Å². The summed E-state index contributed by atoms with van der Waals surface area (Å²) in [6.07, 6.45) is 1.92. The molecule has 3 heteroatoms. The molecule has 0 unspecified atom stereocenters. The Hall–Kier alpha value is -5.80. The van der Waals surface area contributed by atoms with Crippen LogP contribution in [0.25, 0.3) is 98.6 Å². The van der Waals surface area contributed by atoms with Gasteiger partial charge in [0, 0.05) is 32.7 Å². The molecule has 0 spiro atoms.